The molecule has 126 valence electrons. The lowest BCUT2D eigenvalue weighted by Crippen LogP contribution is -2.30. The molecule has 0 bridgehead atoms. The predicted octanol–water partition coefficient (Wildman–Crippen LogP) is 4.87. The maximum Gasteiger partial charge on any atom is 0.252 e. The van der Waals surface area contributed by atoms with Gasteiger partial charge in [-0.25, -0.2) is 0 Å². The average Bonchev–Trinajstić information content (AvgIpc) is 2.63. The highest BCUT2D eigenvalue weighted by Crippen LogP contribution is 2.26. The molecular formula is C21H19ClN2O. The van der Waals surface area contributed by atoms with Crippen LogP contribution in [0.1, 0.15) is 38.7 Å². The predicted molar refractivity (Wildman–Crippen MR) is 101 cm³/mol. The van der Waals surface area contributed by atoms with Crippen molar-refractivity contribution in [2.45, 2.75) is 19.9 Å². The number of rotatable bonds is 4. The van der Waals surface area contributed by atoms with Crippen molar-refractivity contribution in [3.8, 4) is 0 Å². The van der Waals surface area contributed by atoms with Gasteiger partial charge in [-0.3, -0.25) is 9.78 Å². The van der Waals surface area contributed by atoms with E-state index in [1.54, 1.807) is 36.7 Å². The molecule has 0 aliphatic heterocycles. The van der Waals surface area contributed by atoms with Gasteiger partial charge in [-0.1, -0.05) is 41.4 Å². The molecule has 4 heteroatoms. The number of carbonyl (C=O) groups excluding carboxylic acids is 1. The molecule has 0 saturated carbocycles. The second-order valence-electron chi connectivity index (χ2n) is 6.06. The van der Waals surface area contributed by atoms with Crippen LogP contribution in [0.15, 0.2) is 67.0 Å². The molecule has 0 spiro atoms. The molecule has 1 N–H and O–H groups in total. The minimum absolute atomic E-state index is 0.147. The van der Waals surface area contributed by atoms with E-state index in [4.69, 9.17) is 11.6 Å². The van der Waals surface area contributed by atoms with Crippen LogP contribution >= 0.6 is 11.6 Å². The van der Waals surface area contributed by atoms with Crippen LogP contribution in [0.25, 0.3) is 0 Å². The molecule has 3 rings (SSSR count). The van der Waals surface area contributed by atoms with E-state index < -0.39 is 0 Å². The lowest BCUT2D eigenvalue weighted by molar-refractivity contribution is 0.0943. The van der Waals surface area contributed by atoms with Crippen molar-refractivity contribution in [3.05, 3.63) is 99.8 Å². The average molecular weight is 351 g/mol. The summed E-state index contributed by atoms with van der Waals surface area (Å²) in [4.78, 5) is 16.9. The zero-order valence-corrected chi connectivity index (χ0v) is 14.9. The Bertz CT molecular complexity index is 876. The molecule has 1 amide bonds. The maximum atomic E-state index is 12.7. The number of nitrogens with zero attached hydrogens (tertiary/aromatic N) is 1. The van der Waals surface area contributed by atoms with Crippen molar-refractivity contribution < 1.29 is 4.79 Å². The van der Waals surface area contributed by atoms with Crippen LogP contribution in [0.2, 0.25) is 5.02 Å². The third-order valence-electron chi connectivity index (χ3n) is 4.15. The molecule has 1 heterocycles. The fourth-order valence-electron chi connectivity index (χ4n) is 2.77. The Morgan fingerprint density at radius 2 is 1.84 bits per heavy atom. The Morgan fingerprint density at radius 3 is 2.52 bits per heavy atom. The Hall–Kier alpha value is -2.65. The van der Waals surface area contributed by atoms with Crippen molar-refractivity contribution in [1.82, 2.24) is 10.3 Å². The first-order valence-corrected chi connectivity index (χ1v) is 8.46. The summed E-state index contributed by atoms with van der Waals surface area (Å²) in [5.74, 6) is -0.147. The van der Waals surface area contributed by atoms with E-state index in [1.807, 2.05) is 26.0 Å². The van der Waals surface area contributed by atoms with E-state index in [1.165, 1.54) is 0 Å². The molecule has 25 heavy (non-hydrogen) atoms. The number of nitrogens with one attached hydrogen (secondary N) is 1. The van der Waals surface area contributed by atoms with Gasteiger partial charge in [0.1, 0.15) is 0 Å². The fraction of sp³-hybridized carbons (Fsp3) is 0.143. The topological polar surface area (TPSA) is 42.0 Å². The highest BCUT2D eigenvalue weighted by atomic mass is 35.5. The van der Waals surface area contributed by atoms with Gasteiger partial charge in [0.2, 0.25) is 0 Å². The molecule has 2 aromatic carbocycles. The Balaban J connectivity index is 1.98. The summed E-state index contributed by atoms with van der Waals surface area (Å²) in [6.45, 7) is 4.09. The van der Waals surface area contributed by atoms with Crippen LogP contribution in [-0.2, 0) is 0 Å². The van der Waals surface area contributed by atoms with E-state index in [9.17, 15) is 4.79 Å². The smallest absolute Gasteiger partial charge is 0.252 e. The van der Waals surface area contributed by atoms with Crippen LogP contribution in [-0.4, -0.2) is 10.9 Å². The van der Waals surface area contributed by atoms with Gasteiger partial charge in [0.25, 0.3) is 5.91 Å². The Kier molecular flexibility index (Phi) is 5.15. The number of aromatic nitrogens is 1. The normalized spacial score (nSPS) is 11.8. The highest BCUT2D eigenvalue weighted by molar-refractivity contribution is 6.30. The number of hydrogen-bond acceptors (Lipinski definition) is 2. The molecule has 3 nitrogen and oxygen atoms in total. The molecule has 1 aromatic heterocycles. The molecular weight excluding hydrogens is 332 g/mol. The second kappa shape index (κ2) is 7.49. The fourth-order valence-corrected chi connectivity index (χ4v) is 2.90. The quantitative estimate of drug-likeness (QED) is 0.729. The van der Waals surface area contributed by atoms with Crippen LogP contribution in [0.4, 0.5) is 0 Å². The second-order valence-corrected chi connectivity index (χ2v) is 6.50. The van der Waals surface area contributed by atoms with E-state index in [2.05, 4.69) is 28.5 Å². The number of aryl methyl sites for hydroxylation is 2. The monoisotopic (exact) mass is 350 g/mol. The van der Waals surface area contributed by atoms with Gasteiger partial charge in [-0.05, 0) is 60.9 Å². The molecule has 0 radical (unpaired) electrons. The van der Waals surface area contributed by atoms with E-state index >= 15 is 0 Å². The molecule has 0 unspecified atom stereocenters. The van der Waals surface area contributed by atoms with Crippen molar-refractivity contribution in [2.75, 3.05) is 0 Å². The van der Waals surface area contributed by atoms with Gasteiger partial charge in [0.15, 0.2) is 0 Å². The zero-order chi connectivity index (χ0) is 17.8. The first-order chi connectivity index (χ1) is 12.0. The van der Waals surface area contributed by atoms with Crippen LogP contribution in [0, 0.1) is 13.8 Å². The SMILES string of the molecule is Cc1ccc(C)c([C@@H](NC(=O)c2ccc(Cl)cc2)c2cccnc2)c1. The number of pyridine rings is 1. The summed E-state index contributed by atoms with van der Waals surface area (Å²) in [5, 5.41) is 3.74. The van der Waals surface area contributed by atoms with E-state index in [-0.39, 0.29) is 11.9 Å². The molecule has 0 fully saturated rings. The van der Waals surface area contributed by atoms with Gasteiger partial charge in [-0.15, -0.1) is 0 Å². The highest BCUT2D eigenvalue weighted by Gasteiger charge is 2.20. The van der Waals surface area contributed by atoms with Crippen molar-refractivity contribution in [3.63, 3.8) is 0 Å². The minimum atomic E-state index is -0.267. The van der Waals surface area contributed by atoms with Crippen molar-refractivity contribution >= 4 is 17.5 Å². The Labute approximate surface area is 152 Å². The lowest BCUT2D eigenvalue weighted by atomic mass is 9.94. The summed E-state index contributed by atoms with van der Waals surface area (Å²) < 4.78 is 0. The van der Waals surface area contributed by atoms with Crippen LogP contribution in [0.3, 0.4) is 0 Å². The summed E-state index contributed by atoms with van der Waals surface area (Å²) in [5.41, 5.74) is 4.85. The third-order valence-corrected chi connectivity index (χ3v) is 4.40. The number of hydrogen-bond donors (Lipinski definition) is 1. The molecule has 0 saturated heterocycles. The number of halogens is 1. The van der Waals surface area contributed by atoms with Gasteiger partial charge < -0.3 is 5.32 Å². The molecule has 0 aliphatic rings. The number of amides is 1. The van der Waals surface area contributed by atoms with Gasteiger partial charge >= 0.3 is 0 Å². The van der Waals surface area contributed by atoms with Gasteiger partial charge in [0.05, 0.1) is 6.04 Å². The molecule has 0 aliphatic carbocycles. The first-order valence-electron chi connectivity index (χ1n) is 8.08. The molecule has 3 aromatic rings. The first kappa shape index (κ1) is 17.2. The lowest BCUT2D eigenvalue weighted by Gasteiger charge is -2.22. The van der Waals surface area contributed by atoms with Crippen molar-refractivity contribution in [1.29, 1.82) is 0 Å². The van der Waals surface area contributed by atoms with Gasteiger partial charge in [-0.2, -0.15) is 0 Å². The zero-order valence-electron chi connectivity index (χ0n) is 14.2. The summed E-state index contributed by atoms with van der Waals surface area (Å²) in [6, 6.07) is 16.7. The number of carbonyl (C=O) groups is 1. The maximum absolute atomic E-state index is 12.7. The summed E-state index contributed by atoms with van der Waals surface area (Å²) in [7, 11) is 0. The van der Waals surface area contributed by atoms with Crippen molar-refractivity contribution in [2.24, 2.45) is 0 Å². The molecule has 1 atom stereocenters. The standard InChI is InChI=1S/C21H19ClN2O/c1-14-5-6-15(2)19(12-14)20(17-4-3-11-23-13-17)24-21(25)16-7-9-18(22)10-8-16/h3-13,20H,1-2H3,(H,24,25)/t20-/m0/s1. The third kappa shape index (κ3) is 4.06. The summed E-state index contributed by atoms with van der Waals surface area (Å²) >= 11 is 5.91. The van der Waals surface area contributed by atoms with E-state index in [0.29, 0.717) is 10.6 Å². The minimum Gasteiger partial charge on any atom is -0.341 e. The largest absolute Gasteiger partial charge is 0.341 e. The summed E-state index contributed by atoms with van der Waals surface area (Å²) in [6.07, 6.45) is 3.51. The van der Waals surface area contributed by atoms with E-state index in [0.717, 1.165) is 22.3 Å². The van der Waals surface area contributed by atoms with Gasteiger partial charge in [0, 0.05) is 23.0 Å². The van der Waals surface area contributed by atoms with Crippen LogP contribution in [0.5, 0.6) is 0 Å². The Morgan fingerprint density at radius 1 is 1.08 bits per heavy atom. The number of benzene rings is 2. The van der Waals surface area contributed by atoms with Crippen LogP contribution < -0.4 is 5.32 Å².